The Bertz CT molecular complexity index is 897. The van der Waals surface area contributed by atoms with Gasteiger partial charge in [0.05, 0.1) is 6.54 Å². The fourth-order valence-corrected chi connectivity index (χ4v) is 2.99. The van der Waals surface area contributed by atoms with Gasteiger partial charge in [0.15, 0.2) is 10.6 Å². The second kappa shape index (κ2) is 7.66. The van der Waals surface area contributed by atoms with Crippen LogP contribution in [0, 0.1) is 11.7 Å². The van der Waals surface area contributed by atoms with E-state index < -0.39 is 0 Å². The van der Waals surface area contributed by atoms with Gasteiger partial charge in [-0.3, -0.25) is 9.67 Å². The molecule has 130 valence electrons. The number of benzene rings is 2. The minimum absolute atomic E-state index is 0.378. The summed E-state index contributed by atoms with van der Waals surface area (Å²) in [6, 6.07) is 16.6. The first-order valence-electron chi connectivity index (χ1n) is 8.46. The van der Waals surface area contributed by atoms with Crippen LogP contribution in [-0.4, -0.2) is 14.8 Å². The molecule has 0 amide bonds. The molecule has 0 saturated heterocycles. The minimum atomic E-state index is 0.378. The zero-order valence-electron chi connectivity index (χ0n) is 14.8. The van der Waals surface area contributed by atoms with Crippen LogP contribution in [0.3, 0.4) is 0 Å². The van der Waals surface area contributed by atoms with Crippen molar-refractivity contribution in [1.29, 1.82) is 0 Å². The molecule has 0 fully saturated rings. The second-order valence-electron chi connectivity index (χ2n) is 6.50. The lowest BCUT2D eigenvalue weighted by atomic mass is 10.0. The Hall–Kier alpha value is -2.40. The van der Waals surface area contributed by atoms with Gasteiger partial charge in [-0.1, -0.05) is 56.3 Å². The van der Waals surface area contributed by atoms with E-state index >= 15 is 0 Å². The average Bonchev–Trinajstić information content (AvgIpc) is 2.94. The Labute approximate surface area is 153 Å². The summed E-state index contributed by atoms with van der Waals surface area (Å²) < 4.78 is 8.70. The van der Waals surface area contributed by atoms with E-state index in [-0.39, 0.29) is 0 Å². The Morgan fingerprint density at radius 3 is 2.64 bits per heavy atom. The molecule has 0 unspecified atom stereocenters. The Morgan fingerprint density at radius 2 is 1.92 bits per heavy atom. The predicted octanol–water partition coefficient (Wildman–Crippen LogP) is 5.00. The number of aromatic amines is 1. The molecule has 2 aromatic carbocycles. The molecule has 4 nitrogen and oxygen atoms in total. The molecule has 0 saturated carbocycles. The van der Waals surface area contributed by atoms with Crippen LogP contribution >= 0.6 is 12.2 Å². The normalized spacial score (nSPS) is 11.0. The maximum Gasteiger partial charge on any atom is 0.195 e. The highest BCUT2D eigenvalue weighted by molar-refractivity contribution is 7.71. The van der Waals surface area contributed by atoms with Gasteiger partial charge in [0.25, 0.3) is 0 Å². The number of rotatable bonds is 6. The number of hydrogen-bond acceptors (Lipinski definition) is 3. The molecule has 0 radical (unpaired) electrons. The topological polar surface area (TPSA) is 42.8 Å². The average molecular weight is 353 g/mol. The summed E-state index contributed by atoms with van der Waals surface area (Å²) in [4.78, 5) is 0. The molecule has 1 N–H and O–H groups in total. The van der Waals surface area contributed by atoms with Gasteiger partial charge >= 0.3 is 0 Å². The molecular weight excluding hydrogens is 330 g/mol. The maximum atomic E-state index is 6.11. The van der Waals surface area contributed by atoms with E-state index in [2.05, 4.69) is 61.3 Å². The summed E-state index contributed by atoms with van der Waals surface area (Å²) in [5, 5.41) is 7.22. The second-order valence-corrected chi connectivity index (χ2v) is 6.89. The maximum absolute atomic E-state index is 6.11. The summed E-state index contributed by atoms with van der Waals surface area (Å²) in [7, 11) is 0. The molecule has 0 aliphatic heterocycles. The third-order valence-electron chi connectivity index (χ3n) is 4.17. The van der Waals surface area contributed by atoms with Crippen LogP contribution in [0.4, 0.5) is 0 Å². The van der Waals surface area contributed by atoms with Crippen molar-refractivity contribution in [2.75, 3.05) is 0 Å². The Kier molecular flexibility index (Phi) is 5.34. The van der Waals surface area contributed by atoms with Gasteiger partial charge in [-0.25, -0.2) is 0 Å². The smallest absolute Gasteiger partial charge is 0.195 e. The largest absolute Gasteiger partial charge is 0.485 e. The zero-order valence-corrected chi connectivity index (χ0v) is 15.6. The Balaban J connectivity index is 1.81. The van der Waals surface area contributed by atoms with Crippen molar-refractivity contribution in [3.05, 3.63) is 75.8 Å². The lowest BCUT2D eigenvalue weighted by molar-refractivity contribution is 0.285. The number of ether oxygens (including phenoxy) is 1. The summed E-state index contributed by atoms with van der Waals surface area (Å²) in [6.45, 7) is 7.47. The minimum Gasteiger partial charge on any atom is -0.485 e. The molecule has 1 heterocycles. The number of H-pyrrole nitrogens is 1. The van der Waals surface area contributed by atoms with Crippen LogP contribution in [-0.2, 0) is 13.2 Å². The van der Waals surface area contributed by atoms with E-state index in [1.807, 2.05) is 22.8 Å². The summed E-state index contributed by atoms with van der Waals surface area (Å²) in [6.07, 6.45) is 0. The monoisotopic (exact) mass is 353 g/mol. The van der Waals surface area contributed by atoms with Gasteiger partial charge in [0, 0.05) is 0 Å². The molecular formula is C20H23N3OS. The lowest BCUT2D eigenvalue weighted by Gasteiger charge is -2.15. The van der Waals surface area contributed by atoms with Crippen molar-refractivity contribution in [2.45, 2.75) is 39.8 Å². The predicted molar refractivity (Wildman–Crippen MR) is 103 cm³/mol. The zero-order chi connectivity index (χ0) is 17.8. The van der Waals surface area contributed by atoms with Gasteiger partial charge < -0.3 is 4.74 Å². The Morgan fingerprint density at radius 1 is 1.16 bits per heavy atom. The van der Waals surface area contributed by atoms with Crippen LogP contribution < -0.4 is 4.74 Å². The van der Waals surface area contributed by atoms with Crippen molar-refractivity contribution < 1.29 is 4.74 Å². The molecule has 3 aromatic rings. The molecule has 3 rings (SSSR count). The first kappa shape index (κ1) is 17.4. The highest BCUT2D eigenvalue weighted by atomic mass is 32.1. The first-order valence-corrected chi connectivity index (χ1v) is 8.87. The number of aromatic nitrogens is 3. The molecule has 0 bridgehead atoms. The van der Waals surface area contributed by atoms with Crippen molar-refractivity contribution in [3.8, 4) is 5.75 Å². The SMILES string of the molecule is Cc1ccc(C(C)C)c(OCc2n[nH]c(=S)n2Cc2ccccc2)c1. The van der Waals surface area contributed by atoms with Crippen molar-refractivity contribution in [1.82, 2.24) is 14.8 Å². The summed E-state index contributed by atoms with van der Waals surface area (Å²) in [5.74, 6) is 2.11. The van der Waals surface area contributed by atoms with Crippen LogP contribution in [0.1, 0.15) is 42.3 Å². The van der Waals surface area contributed by atoms with Crippen LogP contribution in [0.2, 0.25) is 0 Å². The number of hydrogen-bond donors (Lipinski definition) is 1. The summed E-state index contributed by atoms with van der Waals surface area (Å²) >= 11 is 5.38. The van der Waals surface area contributed by atoms with Crippen molar-refractivity contribution >= 4 is 12.2 Å². The van der Waals surface area contributed by atoms with E-state index in [1.165, 1.54) is 16.7 Å². The van der Waals surface area contributed by atoms with E-state index in [0.29, 0.717) is 23.8 Å². The molecule has 0 atom stereocenters. The fraction of sp³-hybridized carbons (Fsp3) is 0.300. The van der Waals surface area contributed by atoms with E-state index in [0.717, 1.165) is 11.6 Å². The number of nitrogens with zero attached hydrogens (tertiary/aromatic N) is 2. The molecule has 0 spiro atoms. The van der Waals surface area contributed by atoms with Crippen molar-refractivity contribution in [3.63, 3.8) is 0 Å². The summed E-state index contributed by atoms with van der Waals surface area (Å²) in [5.41, 5.74) is 3.57. The van der Waals surface area contributed by atoms with E-state index in [1.54, 1.807) is 0 Å². The first-order chi connectivity index (χ1) is 12.0. The van der Waals surface area contributed by atoms with Crippen LogP contribution in [0.5, 0.6) is 5.75 Å². The lowest BCUT2D eigenvalue weighted by Crippen LogP contribution is -2.09. The van der Waals surface area contributed by atoms with E-state index in [4.69, 9.17) is 17.0 Å². The molecule has 0 aliphatic carbocycles. The highest BCUT2D eigenvalue weighted by Crippen LogP contribution is 2.28. The number of nitrogens with one attached hydrogen (secondary N) is 1. The van der Waals surface area contributed by atoms with Gasteiger partial charge in [-0.2, -0.15) is 5.10 Å². The van der Waals surface area contributed by atoms with E-state index in [9.17, 15) is 0 Å². The third-order valence-corrected chi connectivity index (χ3v) is 4.48. The highest BCUT2D eigenvalue weighted by Gasteiger charge is 2.12. The molecule has 0 aliphatic rings. The van der Waals surface area contributed by atoms with Gasteiger partial charge in [0.2, 0.25) is 0 Å². The van der Waals surface area contributed by atoms with Crippen LogP contribution in [0.15, 0.2) is 48.5 Å². The van der Waals surface area contributed by atoms with Gasteiger partial charge in [-0.05, 0) is 47.8 Å². The molecule has 1 aromatic heterocycles. The number of aryl methyl sites for hydroxylation is 1. The third kappa shape index (κ3) is 4.17. The molecule has 5 heteroatoms. The van der Waals surface area contributed by atoms with Crippen LogP contribution in [0.25, 0.3) is 0 Å². The fourth-order valence-electron chi connectivity index (χ4n) is 2.78. The van der Waals surface area contributed by atoms with Crippen molar-refractivity contribution in [2.24, 2.45) is 0 Å². The quantitative estimate of drug-likeness (QED) is 0.634. The van der Waals surface area contributed by atoms with Gasteiger partial charge in [-0.15, -0.1) is 0 Å². The van der Waals surface area contributed by atoms with Gasteiger partial charge in [0.1, 0.15) is 12.4 Å². The standard InChI is InChI=1S/C20H23N3OS/c1-14(2)17-10-9-15(3)11-18(17)24-13-19-21-22-20(25)23(19)12-16-7-5-4-6-8-16/h4-11,14H,12-13H2,1-3H3,(H,22,25). The molecule has 25 heavy (non-hydrogen) atoms.